The Hall–Kier alpha value is -0.480. The first-order chi connectivity index (χ1) is 5.65. The van der Waals surface area contributed by atoms with Crippen molar-refractivity contribution in [3.63, 3.8) is 0 Å². The van der Waals surface area contributed by atoms with Crippen LogP contribution in [-0.2, 0) is 14.3 Å². The van der Waals surface area contributed by atoms with Gasteiger partial charge in [-0.15, -0.1) is 0 Å². The molecule has 6 heteroatoms. The van der Waals surface area contributed by atoms with E-state index in [1.54, 1.807) is 0 Å². The molecule has 0 saturated carbocycles. The van der Waals surface area contributed by atoms with Crippen molar-refractivity contribution < 1.29 is 14.3 Å². The van der Waals surface area contributed by atoms with E-state index >= 15 is 0 Å². The Morgan fingerprint density at radius 3 is 2.92 bits per heavy atom. The van der Waals surface area contributed by atoms with E-state index in [1.807, 2.05) is 0 Å². The summed E-state index contributed by atoms with van der Waals surface area (Å²) in [7, 11) is 1.29. The lowest BCUT2D eigenvalue weighted by Gasteiger charge is -2.00. The van der Waals surface area contributed by atoms with Gasteiger partial charge in [-0.1, -0.05) is 23.2 Å². The van der Waals surface area contributed by atoms with Crippen molar-refractivity contribution in [3.8, 4) is 0 Å². The van der Waals surface area contributed by atoms with Crippen molar-refractivity contribution in [2.75, 3.05) is 13.7 Å². The molecule has 0 radical (unpaired) electrons. The van der Waals surface area contributed by atoms with Crippen LogP contribution in [0.5, 0.6) is 0 Å². The molecule has 0 spiro atoms. The van der Waals surface area contributed by atoms with E-state index < -0.39 is 16.8 Å². The zero-order valence-electron chi connectivity index (χ0n) is 6.29. The number of hydrogen-bond donors (Lipinski definition) is 0. The number of carbonyl (C=O) groups excluding carboxylic acids is 1. The second-order valence-electron chi connectivity index (χ2n) is 2.12. The van der Waals surface area contributed by atoms with E-state index in [2.05, 4.69) is 9.73 Å². The average Bonchev–Trinajstić information content (AvgIpc) is 2.51. The molecule has 12 heavy (non-hydrogen) atoms. The number of carbonyl (C=O) groups is 1. The standard InChI is InChI=1S/C6H7Cl2NO3/c1-11-6(10)3-2-12-5(9-3)4(7)8/h3-4H,2H2,1H3/t3-/m0/s1. The summed E-state index contributed by atoms with van der Waals surface area (Å²) in [5, 5.41) is 0. The molecule has 0 N–H and O–H groups in total. The molecule has 0 unspecified atom stereocenters. The molecule has 1 atom stereocenters. The first-order valence-corrected chi connectivity index (χ1v) is 4.09. The maximum Gasteiger partial charge on any atom is 0.334 e. The quantitative estimate of drug-likeness (QED) is 0.501. The number of rotatable bonds is 2. The van der Waals surface area contributed by atoms with Gasteiger partial charge in [0.05, 0.1) is 7.11 Å². The first-order valence-electron chi connectivity index (χ1n) is 3.21. The minimum atomic E-state index is -0.820. The Labute approximate surface area is 79.4 Å². The number of nitrogens with zero attached hydrogens (tertiary/aromatic N) is 1. The predicted octanol–water partition coefficient (Wildman–Crippen LogP) is 0.760. The third-order valence-corrected chi connectivity index (χ3v) is 1.71. The van der Waals surface area contributed by atoms with Gasteiger partial charge in [0.1, 0.15) is 6.61 Å². The summed E-state index contributed by atoms with van der Waals surface area (Å²) < 4.78 is 9.39. The monoisotopic (exact) mass is 211 g/mol. The highest BCUT2D eigenvalue weighted by atomic mass is 35.5. The summed E-state index contributed by atoms with van der Waals surface area (Å²) in [6.07, 6.45) is 0. The third kappa shape index (κ3) is 2.01. The van der Waals surface area contributed by atoms with Crippen molar-refractivity contribution in [2.24, 2.45) is 4.99 Å². The van der Waals surface area contributed by atoms with Crippen LogP contribution in [0.15, 0.2) is 4.99 Å². The molecule has 0 amide bonds. The van der Waals surface area contributed by atoms with Crippen LogP contribution in [0.3, 0.4) is 0 Å². The molecule has 1 rings (SSSR count). The van der Waals surface area contributed by atoms with Gasteiger partial charge in [-0.05, 0) is 0 Å². The van der Waals surface area contributed by atoms with Crippen LogP contribution in [0.4, 0.5) is 0 Å². The molecule has 0 aromatic heterocycles. The molecule has 0 aliphatic carbocycles. The topological polar surface area (TPSA) is 47.9 Å². The number of hydrogen-bond acceptors (Lipinski definition) is 4. The summed E-state index contributed by atoms with van der Waals surface area (Å²) in [4.78, 5) is 13.9. The summed E-state index contributed by atoms with van der Waals surface area (Å²) in [6.45, 7) is 0.151. The third-order valence-electron chi connectivity index (χ3n) is 1.33. The second-order valence-corrected chi connectivity index (χ2v) is 3.21. The van der Waals surface area contributed by atoms with Crippen molar-refractivity contribution in [3.05, 3.63) is 0 Å². The van der Waals surface area contributed by atoms with Crippen LogP contribution in [0.25, 0.3) is 0 Å². The van der Waals surface area contributed by atoms with Gasteiger partial charge < -0.3 is 9.47 Å². The van der Waals surface area contributed by atoms with E-state index in [0.29, 0.717) is 0 Å². The smallest absolute Gasteiger partial charge is 0.334 e. The van der Waals surface area contributed by atoms with Gasteiger partial charge in [0.15, 0.2) is 10.9 Å². The zero-order valence-corrected chi connectivity index (χ0v) is 7.80. The van der Waals surface area contributed by atoms with E-state index in [9.17, 15) is 4.79 Å². The largest absolute Gasteiger partial charge is 0.476 e. The van der Waals surface area contributed by atoms with E-state index in [1.165, 1.54) is 7.11 Å². The normalized spacial score (nSPS) is 22.0. The van der Waals surface area contributed by atoms with Crippen LogP contribution < -0.4 is 0 Å². The molecule has 1 aliphatic heterocycles. The Morgan fingerprint density at radius 2 is 2.50 bits per heavy atom. The summed E-state index contributed by atoms with van der Waals surface area (Å²) in [5.41, 5.74) is 0. The lowest BCUT2D eigenvalue weighted by Crippen LogP contribution is -2.21. The number of alkyl halides is 2. The number of halogens is 2. The predicted molar refractivity (Wildman–Crippen MR) is 44.7 cm³/mol. The second kappa shape index (κ2) is 3.96. The molecule has 0 fully saturated rings. The Morgan fingerprint density at radius 1 is 1.83 bits per heavy atom. The molecular formula is C6H7Cl2NO3. The molecular weight excluding hydrogens is 205 g/mol. The molecule has 0 aromatic carbocycles. The van der Waals surface area contributed by atoms with Crippen molar-refractivity contribution in [1.29, 1.82) is 0 Å². The SMILES string of the molecule is COC(=O)[C@@H]1COC(C(Cl)Cl)=N1. The molecule has 0 bridgehead atoms. The lowest BCUT2D eigenvalue weighted by atomic mass is 10.3. The minimum absolute atomic E-state index is 0.151. The average molecular weight is 212 g/mol. The fourth-order valence-electron chi connectivity index (χ4n) is 0.769. The van der Waals surface area contributed by atoms with Crippen LogP contribution in [0, 0.1) is 0 Å². The number of ether oxygens (including phenoxy) is 2. The molecule has 68 valence electrons. The number of esters is 1. The van der Waals surface area contributed by atoms with Gasteiger partial charge in [0.25, 0.3) is 0 Å². The van der Waals surface area contributed by atoms with Crippen LogP contribution in [0.2, 0.25) is 0 Å². The highest BCUT2D eigenvalue weighted by Crippen LogP contribution is 2.14. The summed E-state index contributed by atoms with van der Waals surface area (Å²) >= 11 is 10.9. The minimum Gasteiger partial charge on any atom is -0.476 e. The van der Waals surface area contributed by atoms with E-state index in [4.69, 9.17) is 27.9 Å². The van der Waals surface area contributed by atoms with Crippen molar-refractivity contribution >= 4 is 35.1 Å². The Kier molecular flexibility index (Phi) is 3.17. The van der Waals surface area contributed by atoms with Gasteiger partial charge in [-0.25, -0.2) is 9.79 Å². The van der Waals surface area contributed by atoms with Crippen molar-refractivity contribution in [2.45, 2.75) is 10.9 Å². The fraction of sp³-hybridized carbons (Fsp3) is 0.667. The Balaban J connectivity index is 2.58. The van der Waals surface area contributed by atoms with Gasteiger partial charge in [0, 0.05) is 0 Å². The molecule has 1 aliphatic rings. The zero-order chi connectivity index (χ0) is 9.14. The van der Waals surface area contributed by atoms with Gasteiger partial charge in [-0.3, -0.25) is 0 Å². The van der Waals surface area contributed by atoms with Gasteiger partial charge in [-0.2, -0.15) is 0 Å². The number of methoxy groups -OCH3 is 1. The number of aliphatic imine (C=N–C) groups is 1. The van der Waals surface area contributed by atoms with Crippen LogP contribution >= 0.6 is 23.2 Å². The van der Waals surface area contributed by atoms with E-state index in [0.717, 1.165) is 0 Å². The molecule has 4 nitrogen and oxygen atoms in total. The van der Waals surface area contributed by atoms with Crippen molar-refractivity contribution in [1.82, 2.24) is 0 Å². The van der Waals surface area contributed by atoms with E-state index in [-0.39, 0.29) is 12.5 Å². The highest BCUT2D eigenvalue weighted by molar-refractivity contribution is 6.53. The first kappa shape index (κ1) is 9.61. The van der Waals surface area contributed by atoms with Crippen LogP contribution in [0.1, 0.15) is 0 Å². The molecule has 0 aromatic rings. The molecule has 0 saturated heterocycles. The Bertz CT molecular complexity index is 217. The fourth-order valence-corrected chi connectivity index (χ4v) is 1.01. The lowest BCUT2D eigenvalue weighted by molar-refractivity contribution is -0.142. The summed E-state index contributed by atoms with van der Waals surface area (Å²) in [5.74, 6) is -0.271. The maximum absolute atomic E-state index is 10.9. The van der Waals surface area contributed by atoms with Crippen LogP contribution in [-0.4, -0.2) is 36.5 Å². The van der Waals surface area contributed by atoms with Gasteiger partial charge in [0.2, 0.25) is 5.90 Å². The molecule has 1 heterocycles. The maximum atomic E-state index is 10.9. The van der Waals surface area contributed by atoms with Gasteiger partial charge >= 0.3 is 5.97 Å². The summed E-state index contributed by atoms with van der Waals surface area (Å²) in [6, 6.07) is -0.620. The highest BCUT2D eigenvalue weighted by Gasteiger charge is 2.28.